The average Bonchev–Trinajstić information content (AvgIpc) is 2.99. The number of carbonyl (C=O) groups is 1. The van der Waals surface area contributed by atoms with Crippen LogP contribution in [0.15, 0.2) is 95.9 Å². The fourth-order valence-corrected chi connectivity index (χ4v) is 6.47. The number of likely N-dealkylation sites (N-methyl/N-ethyl adjacent to an activating group) is 1. The van der Waals surface area contributed by atoms with Crippen molar-refractivity contribution in [1.29, 1.82) is 0 Å². The van der Waals surface area contributed by atoms with Crippen molar-refractivity contribution in [3.8, 4) is 0 Å². The summed E-state index contributed by atoms with van der Waals surface area (Å²) in [5.41, 5.74) is 2.10. The number of benzene rings is 3. The predicted octanol–water partition coefficient (Wildman–Crippen LogP) is 4.90. The number of nitrogens with zero attached hydrogens (tertiary/aromatic N) is 2. The minimum absolute atomic E-state index is 0. The van der Waals surface area contributed by atoms with Crippen LogP contribution in [0.5, 0.6) is 0 Å². The number of rotatable bonds is 12. The second-order valence-corrected chi connectivity index (χ2v) is 12.2. The van der Waals surface area contributed by atoms with Crippen LogP contribution in [0, 0.1) is 5.92 Å². The van der Waals surface area contributed by atoms with E-state index in [-0.39, 0.29) is 36.4 Å². The molecule has 1 saturated heterocycles. The first kappa shape index (κ1) is 31.8. The molecule has 216 valence electrons. The van der Waals surface area contributed by atoms with E-state index in [1.165, 1.54) is 4.31 Å². The van der Waals surface area contributed by atoms with Gasteiger partial charge in [0, 0.05) is 26.7 Å². The van der Waals surface area contributed by atoms with Crippen molar-refractivity contribution in [3.05, 3.63) is 102 Å². The minimum Gasteiger partial charge on any atom is -0.461 e. The highest BCUT2D eigenvalue weighted by molar-refractivity contribution is 7.89. The van der Waals surface area contributed by atoms with Crippen LogP contribution in [-0.2, 0) is 26.2 Å². The first-order chi connectivity index (χ1) is 18.9. The van der Waals surface area contributed by atoms with Crippen LogP contribution in [0.3, 0.4) is 0 Å². The maximum Gasteiger partial charge on any atom is 0.309 e. The number of hydrogen-bond acceptors (Lipinski definition) is 6. The Labute approximate surface area is 245 Å². The zero-order chi connectivity index (χ0) is 27.7. The van der Waals surface area contributed by atoms with E-state index in [0.29, 0.717) is 24.5 Å². The summed E-state index contributed by atoms with van der Waals surface area (Å²) in [5.74, 6) is -0.260. The molecule has 0 saturated carbocycles. The van der Waals surface area contributed by atoms with E-state index in [0.717, 1.165) is 37.1 Å². The second-order valence-electron chi connectivity index (χ2n) is 10.1. The lowest BCUT2D eigenvalue weighted by Crippen LogP contribution is -2.51. The first-order valence-electron chi connectivity index (χ1n) is 13.6. The number of nitrogens with one attached hydrogen (secondary N) is 1. The summed E-state index contributed by atoms with van der Waals surface area (Å²) in [7, 11) is -0.0122. The Hall–Kier alpha value is -2.75. The quantitative estimate of drug-likeness (QED) is 0.305. The molecule has 0 bridgehead atoms. The molecular weight excluding hydrogens is 546 g/mol. The third-order valence-electron chi connectivity index (χ3n) is 7.57. The molecule has 7 nitrogen and oxygen atoms in total. The number of likely N-dealkylation sites (tertiary alicyclic amines) is 1. The smallest absolute Gasteiger partial charge is 0.309 e. The van der Waals surface area contributed by atoms with Gasteiger partial charge in [0.2, 0.25) is 10.0 Å². The SMILES string of the molecule is CN[C@H]1C[C@@H](C(=O)OCc2ccccc2)CCN1CCC(CN(C)S(=O)(=O)c1ccccc1)c1ccccc1.Cl. The standard InChI is InChI=1S/C31H39N3O4S.ClH/c1-32-30-22-27(31(35)38-24-25-12-6-3-7-13-25)18-20-34(30)21-19-28(26-14-8-4-9-15-26)23-33(2)39(36,37)29-16-10-5-11-17-29;/h3-17,27-28,30,32H,18-24H2,1-2H3;1H/t27-,28?,30+;/m0./s1. The van der Waals surface area contributed by atoms with Crippen molar-refractivity contribution in [2.24, 2.45) is 5.92 Å². The molecule has 3 atom stereocenters. The van der Waals surface area contributed by atoms with E-state index in [2.05, 4.69) is 22.3 Å². The van der Waals surface area contributed by atoms with Crippen LogP contribution in [0.1, 0.15) is 36.3 Å². The van der Waals surface area contributed by atoms with Gasteiger partial charge < -0.3 is 10.1 Å². The second kappa shape index (κ2) is 15.3. The summed E-state index contributed by atoms with van der Waals surface area (Å²) in [6.07, 6.45) is 2.27. The molecule has 3 aromatic carbocycles. The maximum atomic E-state index is 13.2. The monoisotopic (exact) mass is 585 g/mol. The van der Waals surface area contributed by atoms with Crippen molar-refractivity contribution in [1.82, 2.24) is 14.5 Å². The number of piperidine rings is 1. The molecule has 1 N–H and O–H groups in total. The van der Waals surface area contributed by atoms with Gasteiger partial charge >= 0.3 is 5.97 Å². The molecule has 1 heterocycles. The number of hydrogen-bond donors (Lipinski definition) is 1. The van der Waals surface area contributed by atoms with Crippen molar-refractivity contribution in [2.75, 3.05) is 33.7 Å². The Bertz CT molecular complexity index is 1280. The van der Waals surface area contributed by atoms with Crippen molar-refractivity contribution >= 4 is 28.4 Å². The maximum absolute atomic E-state index is 13.2. The third-order valence-corrected chi connectivity index (χ3v) is 9.41. The normalized spacial score (nSPS) is 18.6. The number of carbonyl (C=O) groups excluding carboxylic acids is 1. The number of sulfonamides is 1. The summed E-state index contributed by atoms with van der Waals surface area (Å²) in [4.78, 5) is 15.5. The fourth-order valence-electron chi connectivity index (χ4n) is 5.23. The van der Waals surface area contributed by atoms with Crippen LogP contribution in [0.2, 0.25) is 0 Å². The predicted molar refractivity (Wildman–Crippen MR) is 161 cm³/mol. The highest BCUT2D eigenvalue weighted by Gasteiger charge is 2.33. The molecule has 0 aromatic heterocycles. The average molecular weight is 586 g/mol. The Morgan fingerprint density at radius 1 is 1.00 bits per heavy atom. The van der Waals surface area contributed by atoms with E-state index in [1.54, 1.807) is 31.3 Å². The van der Waals surface area contributed by atoms with Gasteiger partial charge in [-0.3, -0.25) is 9.69 Å². The zero-order valence-corrected chi connectivity index (χ0v) is 24.8. The molecule has 40 heavy (non-hydrogen) atoms. The van der Waals surface area contributed by atoms with Gasteiger partial charge in [0.1, 0.15) is 6.61 Å². The van der Waals surface area contributed by atoms with E-state index < -0.39 is 10.0 Å². The van der Waals surface area contributed by atoms with Crippen molar-refractivity contribution < 1.29 is 17.9 Å². The molecule has 0 spiro atoms. The molecule has 1 aliphatic rings. The molecule has 1 aliphatic heterocycles. The van der Waals surface area contributed by atoms with Crippen LogP contribution in [0.25, 0.3) is 0 Å². The summed E-state index contributed by atoms with van der Waals surface area (Å²) in [6, 6.07) is 28.4. The largest absolute Gasteiger partial charge is 0.461 e. The molecular formula is C31H40ClN3O4S. The van der Waals surface area contributed by atoms with Crippen LogP contribution < -0.4 is 5.32 Å². The van der Waals surface area contributed by atoms with E-state index in [4.69, 9.17) is 4.74 Å². The van der Waals surface area contributed by atoms with Crippen molar-refractivity contribution in [2.45, 2.75) is 42.8 Å². The van der Waals surface area contributed by atoms with Gasteiger partial charge in [0.15, 0.2) is 0 Å². The molecule has 9 heteroatoms. The molecule has 1 unspecified atom stereocenters. The van der Waals surface area contributed by atoms with Gasteiger partial charge in [0.25, 0.3) is 0 Å². The van der Waals surface area contributed by atoms with Gasteiger partial charge in [-0.15, -0.1) is 12.4 Å². The van der Waals surface area contributed by atoms with Gasteiger partial charge in [-0.1, -0.05) is 78.9 Å². The molecule has 0 radical (unpaired) electrons. The molecule has 3 aromatic rings. The zero-order valence-electron chi connectivity index (χ0n) is 23.2. The number of ether oxygens (including phenoxy) is 1. The Balaban J connectivity index is 0.00000441. The summed E-state index contributed by atoms with van der Waals surface area (Å²) >= 11 is 0. The minimum atomic E-state index is -3.59. The summed E-state index contributed by atoms with van der Waals surface area (Å²) in [6.45, 7) is 2.24. The molecule has 0 amide bonds. The van der Waals surface area contributed by atoms with Gasteiger partial charge in [-0.2, -0.15) is 0 Å². The van der Waals surface area contributed by atoms with E-state index in [9.17, 15) is 13.2 Å². The Morgan fingerprint density at radius 2 is 1.60 bits per heavy atom. The Kier molecular flexibility index (Phi) is 12.2. The molecule has 4 rings (SSSR count). The highest BCUT2D eigenvalue weighted by atomic mass is 35.5. The summed E-state index contributed by atoms with van der Waals surface area (Å²) < 4.78 is 33.5. The number of halogens is 1. The topological polar surface area (TPSA) is 79.0 Å². The summed E-state index contributed by atoms with van der Waals surface area (Å²) in [5, 5.41) is 3.37. The lowest BCUT2D eigenvalue weighted by molar-refractivity contribution is -0.152. The molecule has 1 fully saturated rings. The van der Waals surface area contributed by atoms with Crippen LogP contribution >= 0.6 is 12.4 Å². The lowest BCUT2D eigenvalue weighted by Gasteiger charge is -2.39. The fraction of sp³-hybridized carbons (Fsp3) is 0.387. The first-order valence-corrected chi connectivity index (χ1v) is 15.0. The van der Waals surface area contributed by atoms with Crippen molar-refractivity contribution in [3.63, 3.8) is 0 Å². The van der Waals surface area contributed by atoms with Gasteiger partial charge in [0.05, 0.1) is 17.0 Å². The highest BCUT2D eigenvalue weighted by Crippen LogP contribution is 2.28. The van der Waals surface area contributed by atoms with Crippen LogP contribution in [0.4, 0.5) is 0 Å². The van der Waals surface area contributed by atoms with Crippen LogP contribution in [-0.4, -0.2) is 63.5 Å². The van der Waals surface area contributed by atoms with Gasteiger partial charge in [-0.25, -0.2) is 12.7 Å². The third kappa shape index (κ3) is 8.38. The van der Waals surface area contributed by atoms with E-state index >= 15 is 0 Å². The Morgan fingerprint density at radius 3 is 2.23 bits per heavy atom. The van der Waals surface area contributed by atoms with E-state index in [1.807, 2.05) is 61.6 Å². The number of esters is 1. The van der Waals surface area contributed by atoms with Gasteiger partial charge in [-0.05, 0) is 55.5 Å². The lowest BCUT2D eigenvalue weighted by atomic mass is 9.92. The molecule has 0 aliphatic carbocycles.